The van der Waals surface area contributed by atoms with Crippen molar-refractivity contribution in [2.24, 2.45) is 12.8 Å². The van der Waals surface area contributed by atoms with E-state index in [1.807, 2.05) is 46.0 Å². The van der Waals surface area contributed by atoms with Crippen molar-refractivity contribution >= 4 is 0 Å². The van der Waals surface area contributed by atoms with Gasteiger partial charge in [0.05, 0.1) is 19.3 Å². The van der Waals surface area contributed by atoms with Crippen LogP contribution in [0.4, 0.5) is 0 Å². The van der Waals surface area contributed by atoms with Gasteiger partial charge in [-0.2, -0.15) is 5.10 Å². The number of ether oxygens (including phenoxy) is 2. The Hall–Kier alpha value is -2.08. The van der Waals surface area contributed by atoms with Crippen LogP contribution in [0.25, 0.3) is 0 Å². The fourth-order valence-corrected chi connectivity index (χ4v) is 2.03. The summed E-state index contributed by atoms with van der Waals surface area (Å²) in [7, 11) is 1.85. The van der Waals surface area contributed by atoms with E-state index in [2.05, 4.69) is 10.1 Å². The van der Waals surface area contributed by atoms with Crippen molar-refractivity contribution < 1.29 is 9.47 Å². The molecule has 114 valence electrons. The molecule has 1 heterocycles. The van der Waals surface area contributed by atoms with Crippen molar-refractivity contribution in [1.82, 2.24) is 14.8 Å². The van der Waals surface area contributed by atoms with Crippen LogP contribution in [0.1, 0.15) is 37.1 Å². The van der Waals surface area contributed by atoms with Crippen LogP contribution in [-0.4, -0.2) is 28.0 Å². The van der Waals surface area contributed by atoms with Gasteiger partial charge in [0.25, 0.3) is 0 Å². The van der Waals surface area contributed by atoms with Gasteiger partial charge in [0.15, 0.2) is 17.3 Å². The van der Waals surface area contributed by atoms with E-state index in [9.17, 15) is 0 Å². The lowest BCUT2D eigenvalue weighted by Gasteiger charge is -2.14. The molecule has 6 nitrogen and oxygen atoms in total. The molecule has 2 rings (SSSR count). The minimum Gasteiger partial charge on any atom is -0.490 e. The summed E-state index contributed by atoms with van der Waals surface area (Å²) in [4.78, 5) is 4.38. The van der Waals surface area contributed by atoms with Gasteiger partial charge in [0.2, 0.25) is 0 Å². The zero-order chi connectivity index (χ0) is 15.4. The molecule has 0 saturated carbocycles. The zero-order valence-corrected chi connectivity index (χ0v) is 13.0. The summed E-state index contributed by atoms with van der Waals surface area (Å²) in [5.74, 6) is 2.85. The predicted molar refractivity (Wildman–Crippen MR) is 80.6 cm³/mol. The molecule has 2 N–H and O–H groups in total. The molecule has 0 aliphatic heterocycles. The van der Waals surface area contributed by atoms with E-state index >= 15 is 0 Å². The Morgan fingerprint density at radius 3 is 2.43 bits per heavy atom. The Morgan fingerprint density at radius 2 is 1.86 bits per heavy atom. The minimum atomic E-state index is -0.389. The minimum absolute atomic E-state index is 0.389. The fraction of sp³-hybridized carbons (Fsp3) is 0.467. The molecule has 0 bridgehead atoms. The van der Waals surface area contributed by atoms with Crippen LogP contribution in [0.5, 0.6) is 11.5 Å². The maximum Gasteiger partial charge on any atom is 0.172 e. The van der Waals surface area contributed by atoms with E-state index in [1.165, 1.54) is 0 Å². The third kappa shape index (κ3) is 3.33. The lowest BCUT2D eigenvalue weighted by molar-refractivity contribution is 0.287. The molecule has 0 amide bonds. The highest BCUT2D eigenvalue weighted by Crippen LogP contribution is 2.31. The summed E-state index contributed by atoms with van der Waals surface area (Å²) in [6.07, 6.45) is 0. The summed E-state index contributed by atoms with van der Waals surface area (Å²) in [5, 5.41) is 4.33. The zero-order valence-electron chi connectivity index (χ0n) is 13.0. The maximum atomic E-state index is 6.25. The molecule has 21 heavy (non-hydrogen) atoms. The van der Waals surface area contributed by atoms with E-state index in [4.69, 9.17) is 15.2 Å². The molecule has 0 aliphatic carbocycles. The standard InChI is InChI=1S/C15H22N4O2/c1-5-20-12-8-7-11(9-13(12)21-6-2)14(16)15-17-10(3)19(4)18-15/h7-9,14H,5-6,16H2,1-4H3/t14-/m0/s1. The van der Waals surface area contributed by atoms with Gasteiger partial charge in [0.1, 0.15) is 5.82 Å². The molecule has 0 spiro atoms. The van der Waals surface area contributed by atoms with Crippen molar-refractivity contribution in [2.45, 2.75) is 26.8 Å². The topological polar surface area (TPSA) is 75.2 Å². The second-order valence-corrected chi connectivity index (χ2v) is 4.69. The first-order valence-corrected chi connectivity index (χ1v) is 7.09. The first-order valence-electron chi connectivity index (χ1n) is 7.09. The molecule has 1 atom stereocenters. The van der Waals surface area contributed by atoms with Crippen LogP contribution in [0.15, 0.2) is 18.2 Å². The summed E-state index contributed by atoms with van der Waals surface area (Å²) >= 11 is 0. The third-order valence-electron chi connectivity index (χ3n) is 3.20. The summed E-state index contributed by atoms with van der Waals surface area (Å²) in [6, 6.07) is 5.30. The summed E-state index contributed by atoms with van der Waals surface area (Å²) in [6.45, 7) is 6.93. The smallest absolute Gasteiger partial charge is 0.172 e. The number of aryl methyl sites for hydroxylation is 2. The van der Waals surface area contributed by atoms with Gasteiger partial charge in [-0.3, -0.25) is 4.68 Å². The third-order valence-corrected chi connectivity index (χ3v) is 3.20. The average Bonchev–Trinajstić information content (AvgIpc) is 2.80. The van der Waals surface area contributed by atoms with Crippen molar-refractivity contribution in [1.29, 1.82) is 0 Å². The molecule has 6 heteroatoms. The van der Waals surface area contributed by atoms with Gasteiger partial charge < -0.3 is 15.2 Å². The van der Waals surface area contributed by atoms with E-state index in [1.54, 1.807) is 4.68 Å². The van der Waals surface area contributed by atoms with Crippen LogP contribution in [-0.2, 0) is 7.05 Å². The number of nitrogens with two attached hydrogens (primary N) is 1. The van der Waals surface area contributed by atoms with Crippen LogP contribution in [0.2, 0.25) is 0 Å². The summed E-state index contributed by atoms with van der Waals surface area (Å²) < 4.78 is 12.9. The molecule has 0 saturated heterocycles. The van der Waals surface area contributed by atoms with Crippen LogP contribution < -0.4 is 15.2 Å². The molecule has 1 aromatic carbocycles. The van der Waals surface area contributed by atoms with Crippen molar-refractivity contribution in [2.75, 3.05) is 13.2 Å². The van der Waals surface area contributed by atoms with Gasteiger partial charge >= 0.3 is 0 Å². The van der Waals surface area contributed by atoms with Gasteiger partial charge in [-0.15, -0.1) is 0 Å². The number of rotatable bonds is 6. The number of hydrogen-bond donors (Lipinski definition) is 1. The maximum absolute atomic E-state index is 6.25. The van der Waals surface area contributed by atoms with Crippen LogP contribution >= 0.6 is 0 Å². The van der Waals surface area contributed by atoms with E-state index in [0.29, 0.717) is 24.8 Å². The fourth-order valence-electron chi connectivity index (χ4n) is 2.03. The largest absolute Gasteiger partial charge is 0.490 e. The SMILES string of the molecule is CCOc1ccc([C@H](N)c2nc(C)n(C)n2)cc1OCC. The molecule has 0 aliphatic rings. The number of hydrogen-bond acceptors (Lipinski definition) is 5. The van der Waals surface area contributed by atoms with Crippen molar-refractivity contribution in [3.63, 3.8) is 0 Å². The molecular formula is C15H22N4O2. The monoisotopic (exact) mass is 290 g/mol. The van der Waals surface area contributed by atoms with E-state index < -0.39 is 0 Å². The molecule has 0 radical (unpaired) electrons. The Kier molecular flexibility index (Phi) is 4.80. The van der Waals surface area contributed by atoms with Gasteiger partial charge in [0, 0.05) is 7.05 Å². The molecule has 2 aromatic rings. The van der Waals surface area contributed by atoms with E-state index in [-0.39, 0.29) is 6.04 Å². The van der Waals surface area contributed by atoms with E-state index in [0.717, 1.165) is 17.1 Å². The Bertz CT molecular complexity index is 590. The highest BCUT2D eigenvalue weighted by Gasteiger charge is 2.17. The normalized spacial score (nSPS) is 12.2. The summed E-state index contributed by atoms with van der Waals surface area (Å²) in [5.41, 5.74) is 7.15. The Morgan fingerprint density at radius 1 is 1.19 bits per heavy atom. The van der Waals surface area contributed by atoms with Gasteiger partial charge in [-0.05, 0) is 38.5 Å². The number of aromatic nitrogens is 3. The highest BCUT2D eigenvalue weighted by molar-refractivity contribution is 5.44. The Labute approximate surface area is 124 Å². The average molecular weight is 290 g/mol. The van der Waals surface area contributed by atoms with Gasteiger partial charge in [-0.25, -0.2) is 4.98 Å². The molecule has 1 aromatic heterocycles. The molecule has 0 fully saturated rings. The van der Waals surface area contributed by atoms with Crippen molar-refractivity contribution in [3.05, 3.63) is 35.4 Å². The number of nitrogens with zero attached hydrogens (tertiary/aromatic N) is 3. The molecular weight excluding hydrogens is 268 g/mol. The van der Waals surface area contributed by atoms with Gasteiger partial charge in [-0.1, -0.05) is 6.07 Å². The van der Waals surface area contributed by atoms with Crippen LogP contribution in [0.3, 0.4) is 0 Å². The predicted octanol–water partition coefficient (Wildman–Crippen LogP) is 1.97. The first-order chi connectivity index (χ1) is 10.1. The lowest BCUT2D eigenvalue weighted by atomic mass is 10.1. The quantitative estimate of drug-likeness (QED) is 0.880. The van der Waals surface area contributed by atoms with Crippen molar-refractivity contribution in [3.8, 4) is 11.5 Å². The van der Waals surface area contributed by atoms with Crippen LogP contribution in [0, 0.1) is 6.92 Å². The second-order valence-electron chi connectivity index (χ2n) is 4.69. The Balaban J connectivity index is 2.32. The first kappa shape index (κ1) is 15.3. The lowest BCUT2D eigenvalue weighted by Crippen LogP contribution is -2.14. The highest BCUT2D eigenvalue weighted by atomic mass is 16.5. The molecule has 0 unspecified atom stereocenters. The number of benzene rings is 1. The second kappa shape index (κ2) is 6.58.